The number of aryl methyl sites for hydroxylation is 2. The molecule has 3 aromatic rings. The van der Waals surface area contributed by atoms with E-state index >= 15 is 0 Å². The van der Waals surface area contributed by atoms with Crippen LogP contribution in [0, 0.1) is 0 Å². The lowest BCUT2D eigenvalue weighted by molar-refractivity contribution is 0.0695. The standard InChI is InChI=1S/C26H29N3O2/c1-28(2)21-8-10-22(11-9-21)29(3)23-12-13-24-18(4-6-19(24)16-23)5-7-20-17-27-15-14-25(20)26(30)31/h8-18H,4-7H2,1-3H3,(H,30,31)/t18-/m0/s1. The second-order valence-electron chi connectivity index (χ2n) is 8.47. The second-order valence-corrected chi connectivity index (χ2v) is 8.47. The minimum atomic E-state index is -0.879. The molecule has 1 aliphatic carbocycles. The molecule has 1 N–H and O–H groups in total. The maximum atomic E-state index is 11.5. The van der Waals surface area contributed by atoms with Gasteiger partial charge in [0.1, 0.15) is 0 Å². The van der Waals surface area contributed by atoms with Crippen molar-refractivity contribution in [2.45, 2.75) is 31.6 Å². The zero-order valence-electron chi connectivity index (χ0n) is 18.4. The SMILES string of the molecule is CN(C)c1ccc(N(C)c2ccc3c(c2)CC[C@H]3CCc2cnccc2C(=O)O)cc1. The quantitative estimate of drug-likeness (QED) is 0.569. The third kappa shape index (κ3) is 4.41. The number of carboxylic acids is 1. The summed E-state index contributed by atoms with van der Waals surface area (Å²) in [6.07, 6.45) is 7.10. The molecule has 0 saturated carbocycles. The Hall–Kier alpha value is -3.34. The normalized spacial score (nSPS) is 14.9. The number of nitrogens with zero attached hydrogens (tertiary/aromatic N) is 3. The Bertz CT molecular complexity index is 1080. The van der Waals surface area contributed by atoms with Crippen molar-refractivity contribution in [3.63, 3.8) is 0 Å². The Morgan fingerprint density at radius 1 is 1.03 bits per heavy atom. The minimum absolute atomic E-state index is 0.366. The van der Waals surface area contributed by atoms with Gasteiger partial charge in [0.05, 0.1) is 5.56 Å². The first-order valence-electron chi connectivity index (χ1n) is 10.7. The Morgan fingerprint density at radius 2 is 1.74 bits per heavy atom. The minimum Gasteiger partial charge on any atom is -0.478 e. The van der Waals surface area contributed by atoms with Crippen molar-refractivity contribution in [3.05, 3.63) is 83.2 Å². The number of pyridine rings is 1. The van der Waals surface area contributed by atoms with E-state index in [1.54, 1.807) is 18.5 Å². The molecule has 0 unspecified atom stereocenters. The Morgan fingerprint density at radius 3 is 2.45 bits per heavy atom. The van der Waals surface area contributed by atoms with Crippen LogP contribution < -0.4 is 9.80 Å². The van der Waals surface area contributed by atoms with Gasteiger partial charge in [0.2, 0.25) is 0 Å². The molecule has 160 valence electrons. The fraction of sp³-hybridized carbons (Fsp3) is 0.308. The van der Waals surface area contributed by atoms with Crippen molar-refractivity contribution in [2.24, 2.45) is 0 Å². The maximum absolute atomic E-state index is 11.5. The van der Waals surface area contributed by atoms with Crippen LogP contribution in [0.2, 0.25) is 0 Å². The van der Waals surface area contributed by atoms with Gasteiger partial charge < -0.3 is 14.9 Å². The van der Waals surface area contributed by atoms with Gasteiger partial charge in [-0.25, -0.2) is 4.79 Å². The van der Waals surface area contributed by atoms with Crippen LogP contribution >= 0.6 is 0 Å². The zero-order valence-corrected chi connectivity index (χ0v) is 18.4. The molecule has 0 fully saturated rings. The van der Waals surface area contributed by atoms with Crippen LogP contribution in [0.25, 0.3) is 0 Å². The van der Waals surface area contributed by atoms with Gasteiger partial charge in [0.25, 0.3) is 0 Å². The van der Waals surface area contributed by atoms with Gasteiger partial charge in [-0.1, -0.05) is 6.07 Å². The van der Waals surface area contributed by atoms with Crippen LogP contribution in [0.5, 0.6) is 0 Å². The van der Waals surface area contributed by atoms with Crippen molar-refractivity contribution < 1.29 is 9.90 Å². The van der Waals surface area contributed by atoms with Crippen molar-refractivity contribution in [3.8, 4) is 0 Å². The number of hydrogen-bond acceptors (Lipinski definition) is 4. The number of anilines is 3. The molecule has 31 heavy (non-hydrogen) atoms. The van der Waals surface area contributed by atoms with E-state index in [1.807, 2.05) is 14.1 Å². The van der Waals surface area contributed by atoms with E-state index in [0.29, 0.717) is 11.5 Å². The first-order valence-corrected chi connectivity index (χ1v) is 10.7. The van der Waals surface area contributed by atoms with Gasteiger partial charge in [-0.05, 0) is 90.8 Å². The number of benzene rings is 2. The van der Waals surface area contributed by atoms with E-state index < -0.39 is 5.97 Å². The zero-order chi connectivity index (χ0) is 22.0. The van der Waals surface area contributed by atoms with Crippen LogP contribution in [0.15, 0.2) is 60.9 Å². The fourth-order valence-electron chi connectivity index (χ4n) is 4.49. The predicted molar refractivity (Wildman–Crippen MR) is 126 cm³/mol. The van der Waals surface area contributed by atoms with E-state index in [9.17, 15) is 9.90 Å². The van der Waals surface area contributed by atoms with Crippen LogP contribution in [-0.2, 0) is 12.8 Å². The van der Waals surface area contributed by atoms with E-state index in [4.69, 9.17) is 0 Å². The van der Waals surface area contributed by atoms with Crippen molar-refractivity contribution in [1.29, 1.82) is 0 Å². The van der Waals surface area contributed by atoms with Gasteiger partial charge in [0.15, 0.2) is 0 Å². The molecule has 0 aliphatic heterocycles. The molecule has 0 spiro atoms. The molecule has 2 aromatic carbocycles. The summed E-state index contributed by atoms with van der Waals surface area (Å²) in [5, 5.41) is 9.40. The van der Waals surface area contributed by atoms with Gasteiger partial charge in [-0.15, -0.1) is 0 Å². The average molecular weight is 416 g/mol. The number of carbonyl (C=O) groups is 1. The number of carboxylic acid groups (broad SMARTS) is 1. The highest BCUT2D eigenvalue weighted by Crippen LogP contribution is 2.39. The fourth-order valence-corrected chi connectivity index (χ4v) is 4.49. The molecule has 0 radical (unpaired) electrons. The molecule has 4 rings (SSSR count). The summed E-state index contributed by atoms with van der Waals surface area (Å²) in [6, 6.07) is 16.9. The summed E-state index contributed by atoms with van der Waals surface area (Å²) < 4.78 is 0. The second kappa shape index (κ2) is 8.80. The van der Waals surface area contributed by atoms with E-state index in [2.05, 4.69) is 64.3 Å². The Balaban J connectivity index is 1.47. The summed E-state index contributed by atoms with van der Waals surface area (Å²) >= 11 is 0. The lowest BCUT2D eigenvalue weighted by Crippen LogP contribution is -2.11. The number of fused-ring (bicyclic) bond motifs is 1. The van der Waals surface area contributed by atoms with E-state index in [1.165, 1.54) is 22.5 Å². The Kier molecular flexibility index (Phi) is 5.94. The number of hydrogen-bond donors (Lipinski definition) is 1. The van der Waals surface area contributed by atoms with Crippen molar-refractivity contribution in [2.75, 3.05) is 30.9 Å². The molecular formula is C26H29N3O2. The van der Waals surface area contributed by atoms with Gasteiger partial charge in [-0.3, -0.25) is 4.98 Å². The van der Waals surface area contributed by atoms with Gasteiger partial charge >= 0.3 is 5.97 Å². The lowest BCUT2D eigenvalue weighted by atomic mass is 9.93. The molecule has 5 nitrogen and oxygen atoms in total. The molecule has 0 saturated heterocycles. The van der Waals surface area contributed by atoms with Crippen LogP contribution in [0.3, 0.4) is 0 Å². The maximum Gasteiger partial charge on any atom is 0.336 e. The van der Waals surface area contributed by atoms with Gasteiger partial charge in [-0.2, -0.15) is 0 Å². The summed E-state index contributed by atoms with van der Waals surface area (Å²) in [5.41, 5.74) is 7.54. The predicted octanol–water partition coefficient (Wildman–Crippen LogP) is 5.28. The van der Waals surface area contributed by atoms with Crippen LogP contribution in [-0.4, -0.2) is 37.2 Å². The van der Waals surface area contributed by atoms with Crippen LogP contribution in [0.4, 0.5) is 17.1 Å². The molecular weight excluding hydrogens is 386 g/mol. The highest BCUT2D eigenvalue weighted by molar-refractivity contribution is 5.89. The van der Waals surface area contributed by atoms with Gasteiger partial charge in [0, 0.05) is 50.6 Å². The third-order valence-corrected chi connectivity index (χ3v) is 6.37. The highest BCUT2D eigenvalue weighted by atomic mass is 16.4. The summed E-state index contributed by atoms with van der Waals surface area (Å²) in [5.74, 6) is -0.411. The molecule has 1 aliphatic rings. The summed E-state index contributed by atoms with van der Waals surface area (Å²) in [7, 11) is 6.20. The van der Waals surface area contributed by atoms with Crippen molar-refractivity contribution >= 4 is 23.0 Å². The summed E-state index contributed by atoms with van der Waals surface area (Å²) in [4.78, 5) is 19.9. The molecule has 1 aromatic heterocycles. The molecule has 1 atom stereocenters. The molecule has 1 heterocycles. The number of aromatic nitrogens is 1. The van der Waals surface area contributed by atoms with E-state index in [-0.39, 0.29) is 0 Å². The largest absolute Gasteiger partial charge is 0.478 e. The molecule has 0 amide bonds. The van der Waals surface area contributed by atoms with E-state index in [0.717, 1.165) is 36.9 Å². The average Bonchev–Trinajstić information content (AvgIpc) is 3.19. The molecule has 0 bridgehead atoms. The topological polar surface area (TPSA) is 56.7 Å². The lowest BCUT2D eigenvalue weighted by Gasteiger charge is -2.22. The Labute approximate surface area is 184 Å². The molecule has 5 heteroatoms. The van der Waals surface area contributed by atoms with Crippen LogP contribution in [0.1, 0.15) is 45.8 Å². The highest BCUT2D eigenvalue weighted by Gasteiger charge is 2.24. The van der Waals surface area contributed by atoms with Crippen molar-refractivity contribution in [1.82, 2.24) is 4.98 Å². The number of aromatic carboxylic acids is 1. The first-order chi connectivity index (χ1) is 14.9. The monoisotopic (exact) mass is 415 g/mol. The smallest absolute Gasteiger partial charge is 0.336 e. The first kappa shape index (κ1) is 20.9. The summed E-state index contributed by atoms with van der Waals surface area (Å²) in [6.45, 7) is 0. The number of rotatable bonds is 7. The third-order valence-electron chi connectivity index (χ3n) is 6.37.